The van der Waals surface area contributed by atoms with Gasteiger partial charge in [0.2, 0.25) is 0 Å². The molecule has 1 radical (unpaired) electrons. The Morgan fingerprint density at radius 1 is 1.86 bits per heavy atom. The van der Waals surface area contributed by atoms with Crippen LogP contribution in [0.1, 0.15) is 19.3 Å². The molecule has 1 rings (SSSR count). The SMILES string of the molecule is [CH]=CCCC1=CC1. The van der Waals surface area contributed by atoms with E-state index in [0.29, 0.717) is 0 Å². The highest BCUT2D eigenvalue weighted by Crippen LogP contribution is 2.23. The van der Waals surface area contributed by atoms with Crippen LogP contribution in [0.5, 0.6) is 0 Å². The lowest BCUT2D eigenvalue weighted by molar-refractivity contribution is 1.01. The smallest absolute Gasteiger partial charge is 0.0136 e. The van der Waals surface area contributed by atoms with Gasteiger partial charge in [0.15, 0.2) is 0 Å². The second-order valence-corrected chi connectivity index (χ2v) is 1.84. The van der Waals surface area contributed by atoms with Gasteiger partial charge in [0.25, 0.3) is 0 Å². The minimum absolute atomic E-state index is 1.05. The average Bonchev–Trinajstić information content (AvgIpc) is 2.42. The fourth-order valence-electron chi connectivity index (χ4n) is 0.545. The van der Waals surface area contributed by atoms with Gasteiger partial charge in [-0.15, -0.1) is 0 Å². The molecule has 0 aromatic rings. The first-order valence-electron chi connectivity index (χ1n) is 2.65. The molecule has 0 bridgehead atoms. The summed E-state index contributed by atoms with van der Waals surface area (Å²) in [6.07, 6.45) is 7.44. The first kappa shape index (κ1) is 4.63. The maximum Gasteiger partial charge on any atom is -0.0136 e. The van der Waals surface area contributed by atoms with Crippen molar-refractivity contribution in [2.75, 3.05) is 0 Å². The van der Waals surface area contributed by atoms with Crippen LogP contribution in [0.15, 0.2) is 17.7 Å². The molecule has 7 heavy (non-hydrogen) atoms. The molecule has 0 saturated carbocycles. The first-order valence-corrected chi connectivity index (χ1v) is 2.65. The molecule has 0 amide bonds. The third kappa shape index (κ3) is 1.58. The monoisotopic (exact) mass is 93.1 g/mol. The molecule has 1 aliphatic rings. The molecule has 0 unspecified atom stereocenters. The average molecular weight is 93.1 g/mol. The van der Waals surface area contributed by atoms with E-state index in [4.69, 9.17) is 6.58 Å². The normalized spacial score (nSPS) is 15.7. The maximum absolute atomic E-state index is 5.15. The van der Waals surface area contributed by atoms with Crippen molar-refractivity contribution < 1.29 is 0 Å². The summed E-state index contributed by atoms with van der Waals surface area (Å²) in [4.78, 5) is 0. The second kappa shape index (κ2) is 1.97. The number of hydrogen-bond donors (Lipinski definition) is 0. The zero-order valence-electron chi connectivity index (χ0n) is 4.35. The van der Waals surface area contributed by atoms with E-state index < -0.39 is 0 Å². The molecule has 0 aromatic heterocycles. The van der Waals surface area contributed by atoms with Gasteiger partial charge in [-0.3, -0.25) is 0 Å². The van der Waals surface area contributed by atoms with Crippen LogP contribution in [-0.2, 0) is 0 Å². The van der Waals surface area contributed by atoms with Crippen molar-refractivity contribution in [3.8, 4) is 0 Å². The molecule has 37 valence electrons. The van der Waals surface area contributed by atoms with Gasteiger partial charge in [-0.1, -0.05) is 24.3 Å². The van der Waals surface area contributed by atoms with Crippen molar-refractivity contribution in [2.24, 2.45) is 0 Å². The van der Waals surface area contributed by atoms with E-state index >= 15 is 0 Å². The molecule has 0 nitrogen and oxygen atoms in total. The molecular weight excluding hydrogens is 84.1 g/mol. The molecule has 0 aliphatic heterocycles. The summed E-state index contributed by atoms with van der Waals surface area (Å²) >= 11 is 0. The van der Waals surface area contributed by atoms with Gasteiger partial charge in [0.05, 0.1) is 0 Å². The third-order valence-corrected chi connectivity index (χ3v) is 1.12. The molecule has 0 fully saturated rings. The molecule has 1 aliphatic carbocycles. The van der Waals surface area contributed by atoms with Gasteiger partial charge < -0.3 is 0 Å². The Balaban J connectivity index is 1.99. The zero-order valence-corrected chi connectivity index (χ0v) is 4.35. The standard InChI is InChI=1S/C7H9/c1-2-3-4-7-5-6-7/h1-2,5H,3-4,6H2. The van der Waals surface area contributed by atoms with Crippen LogP contribution in [0.4, 0.5) is 0 Å². The van der Waals surface area contributed by atoms with Crippen molar-refractivity contribution >= 4 is 0 Å². The summed E-state index contributed by atoms with van der Waals surface area (Å²) in [7, 11) is 0. The van der Waals surface area contributed by atoms with Crippen LogP contribution in [0.3, 0.4) is 0 Å². The molecule has 0 N–H and O–H groups in total. The minimum atomic E-state index is 1.05. The molecule has 0 aromatic carbocycles. The van der Waals surface area contributed by atoms with Gasteiger partial charge in [0, 0.05) is 0 Å². The molecule has 0 heteroatoms. The van der Waals surface area contributed by atoms with Gasteiger partial charge >= 0.3 is 0 Å². The molecular formula is C7H9. The molecule has 0 atom stereocenters. The Bertz CT molecular complexity index is 98.6. The van der Waals surface area contributed by atoms with Gasteiger partial charge in [-0.2, -0.15) is 0 Å². The Labute approximate surface area is 44.5 Å². The lowest BCUT2D eigenvalue weighted by atomic mass is 10.2. The second-order valence-electron chi connectivity index (χ2n) is 1.84. The summed E-state index contributed by atoms with van der Waals surface area (Å²) < 4.78 is 0. The Morgan fingerprint density at radius 3 is 3.00 bits per heavy atom. The van der Waals surface area contributed by atoms with Crippen LogP contribution in [0, 0.1) is 6.58 Å². The minimum Gasteiger partial charge on any atom is -0.0842 e. The number of rotatable bonds is 3. The first-order chi connectivity index (χ1) is 3.43. The molecule has 0 spiro atoms. The predicted molar refractivity (Wildman–Crippen MR) is 30.8 cm³/mol. The molecule has 0 heterocycles. The Kier molecular flexibility index (Phi) is 1.30. The highest BCUT2D eigenvalue weighted by atomic mass is 14.1. The van der Waals surface area contributed by atoms with Crippen LogP contribution in [0.25, 0.3) is 0 Å². The van der Waals surface area contributed by atoms with Crippen LogP contribution in [0.2, 0.25) is 0 Å². The summed E-state index contributed by atoms with van der Waals surface area (Å²) in [6, 6.07) is 0. The summed E-state index contributed by atoms with van der Waals surface area (Å²) in [5.41, 5.74) is 1.57. The fourth-order valence-corrected chi connectivity index (χ4v) is 0.545. The lowest BCUT2D eigenvalue weighted by Gasteiger charge is -1.81. The van der Waals surface area contributed by atoms with Gasteiger partial charge in [0.1, 0.15) is 0 Å². The van der Waals surface area contributed by atoms with E-state index in [9.17, 15) is 0 Å². The van der Waals surface area contributed by atoms with E-state index in [2.05, 4.69) is 6.08 Å². The van der Waals surface area contributed by atoms with E-state index in [-0.39, 0.29) is 0 Å². The Hall–Kier alpha value is -0.520. The van der Waals surface area contributed by atoms with Crippen LogP contribution >= 0.6 is 0 Å². The van der Waals surface area contributed by atoms with Crippen molar-refractivity contribution in [3.63, 3.8) is 0 Å². The van der Waals surface area contributed by atoms with Crippen molar-refractivity contribution in [1.29, 1.82) is 0 Å². The number of allylic oxidation sites excluding steroid dienone is 3. The van der Waals surface area contributed by atoms with Crippen LogP contribution < -0.4 is 0 Å². The predicted octanol–water partition coefficient (Wildman–Crippen LogP) is 2.09. The van der Waals surface area contributed by atoms with Gasteiger partial charge in [-0.25, -0.2) is 0 Å². The van der Waals surface area contributed by atoms with Crippen molar-refractivity contribution in [2.45, 2.75) is 19.3 Å². The maximum atomic E-state index is 5.15. The summed E-state index contributed by atoms with van der Waals surface area (Å²) in [5, 5.41) is 0. The van der Waals surface area contributed by atoms with Crippen molar-refractivity contribution in [3.05, 3.63) is 24.3 Å². The van der Waals surface area contributed by atoms with Gasteiger partial charge in [-0.05, 0) is 19.3 Å². The van der Waals surface area contributed by atoms with Crippen molar-refractivity contribution in [1.82, 2.24) is 0 Å². The summed E-state index contributed by atoms with van der Waals surface area (Å²) in [6.45, 7) is 5.15. The summed E-state index contributed by atoms with van der Waals surface area (Å²) in [5.74, 6) is 0. The fraction of sp³-hybridized carbons (Fsp3) is 0.429. The number of hydrogen-bond acceptors (Lipinski definition) is 0. The highest BCUT2D eigenvalue weighted by Gasteiger charge is 2.03. The molecule has 0 saturated heterocycles. The highest BCUT2D eigenvalue weighted by molar-refractivity contribution is 5.21. The third-order valence-electron chi connectivity index (χ3n) is 1.12. The van der Waals surface area contributed by atoms with E-state index in [1.165, 1.54) is 12.8 Å². The largest absolute Gasteiger partial charge is 0.0842 e. The van der Waals surface area contributed by atoms with E-state index in [1.807, 2.05) is 0 Å². The quantitative estimate of drug-likeness (QED) is 0.469. The van der Waals surface area contributed by atoms with E-state index in [0.717, 1.165) is 6.42 Å². The van der Waals surface area contributed by atoms with E-state index in [1.54, 1.807) is 11.6 Å². The van der Waals surface area contributed by atoms with Crippen LogP contribution in [-0.4, -0.2) is 0 Å². The lowest BCUT2D eigenvalue weighted by Crippen LogP contribution is -1.62. The Morgan fingerprint density at radius 2 is 2.57 bits per heavy atom. The topological polar surface area (TPSA) is 0 Å². The zero-order chi connectivity index (χ0) is 5.11.